The van der Waals surface area contributed by atoms with E-state index < -0.39 is 0 Å². The number of benzene rings is 1. The van der Waals surface area contributed by atoms with E-state index in [2.05, 4.69) is 41.4 Å². The van der Waals surface area contributed by atoms with Crippen molar-refractivity contribution in [2.24, 2.45) is 5.92 Å². The highest BCUT2D eigenvalue weighted by Gasteiger charge is 2.38. The van der Waals surface area contributed by atoms with Crippen molar-refractivity contribution in [3.8, 4) is 0 Å². The van der Waals surface area contributed by atoms with E-state index in [4.69, 9.17) is 0 Å². The molecule has 29 heavy (non-hydrogen) atoms. The lowest BCUT2D eigenvalue weighted by Gasteiger charge is -2.30. The van der Waals surface area contributed by atoms with Crippen LogP contribution in [0, 0.1) is 12.8 Å². The summed E-state index contributed by atoms with van der Waals surface area (Å²) in [7, 11) is 0. The zero-order valence-corrected chi connectivity index (χ0v) is 18.3. The molecule has 3 fully saturated rings. The van der Waals surface area contributed by atoms with Crippen LogP contribution in [-0.2, 0) is 9.59 Å². The van der Waals surface area contributed by atoms with Crippen molar-refractivity contribution in [2.75, 3.05) is 31.3 Å². The minimum absolute atomic E-state index is 0.0117. The monoisotopic (exact) mass is 415 g/mol. The minimum Gasteiger partial charge on any atom is -0.352 e. The van der Waals surface area contributed by atoms with Crippen LogP contribution >= 0.6 is 11.8 Å². The molecule has 0 bridgehead atoms. The van der Waals surface area contributed by atoms with Gasteiger partial charge in [0.2, 0.25) is 11.8 Å². The van der Waals surface area contributed by atoms with Crippen molar-refractivity contribution in [1.29, 1.82) is 0 Å². The Morgan fingerprint density at radius 1 is 1.10 bits per heavy atom. The molecule has 2 unspecified atom stereocenters. The molecule has 2 aliphatic heterocycles. The molecule has 1 aromatic rings. The van der Waals surface area contributed by atoms with E-state index in [1.807, 2.05) is 4.90 Å². The highest BCUT2D eigenvalue weighted by molar-refractivity contribution is 7.99. The van der Waals surface area contributed by atoms with Gasteiger partial charge in [-0.15, -0.1) is 11.8 Å². The fraction of sp³-hybridized carbons (Fsp3) is 0.652. The predicted octanol–water partition coefficient (Wildman–Crippen LogP) is 3.34. The van der Waals surface area contributed by atoms with Gasteiger partial charge >= 0.3 is 0 Å². The zero-order chi connectivity index (χ0) is 20.2. The largest absolute Gasteiger partial charge is 0.352 e. The van der Waals surface area contributed by atoms with Gasteiger partial charge in [0, 0.05) is 18.2 Å². The molecule has 2 heterocycles. The molecule has 0 aromatic heterocycles. The molecule has 2 atom stereocenters. The molecule has 6 heteroatoms. The average molecular weight is 416 g/mol. The first-order valence-corrected chi connectivity index (χ1v) is 12.3. The normalized spacial score (nSPS) is 24.2. The van der Waals surface area contributed by atoms with Gasteiger partial charge in [0.25, 0.3) is 0 Å². The summed E-state index contributed by atoms with van der Waals surface area (Å²) in [5, 5.41) is 3.20. The maximum atomic E-state index is 13.0. The van der Waals surface area contributed by atoms with E-state index in [0.717, 1.165) is 38.8 Å². The minimum atomic E-state index is -0.314. The number of carbonyl (C=O) groups excluding carboxylic acids is 2. The number of aryl methyl sites for hydroxylation is 1. The Balaban J connectivity index is 1.40. The summed E-state index contributed by atoms with van der Waals surface area (Å²) in [6.07, 6.45) is 6.70. The van der Waals surface area contributed by atoms with E-state index >= 15 is 0 Å². The fourth-order valence-corrected chi connectivity index (χ4v) is 6.06. The van der Waals surface area contributed by atoms with Crippen LogP contribution in [0.25, 0.3) is 0 Å². The number of likely N-dealkylation sites (tertiary alicyclic amines) is 1. The number of hydrogen-bond donors (Lipinski definition) is 1. The summed E-state index contributed by atoms with van der Waals surface area (Å²) in [5.41, 5.74) is 2.51. The van der Waals surface area contributed by atoms with E-state index in [1.54, 1.807) is 11.8 Å². The third-order valence-corrected chi connectivity index (χ3v) is 7.70. The smallest absolute Gasteiger partial charge is 0.243 e. The van der Waals surface area contributed by atoms with Crippen LogP contribution < -0.4 is 5.32 Å². The van der Waals surface area contributed by atoms with Gasteiger partial charge in [-0.25, -0.2) is 0 Å². The average Bonchev–Trinajstić information content (AvgIpc) is 3.51. The van der Waals surface area contributed by atoms with Gasteiger partial charge in [0.05, 0.1) is 11.9 Å². The fourth-order valence-electron chi connectivity index (χ4n) is 4.90. The Hall–Kier alpha value is -1.53. The second-order valence-corrected chi connectivity index (χ2v) is 9.72. The van der Waals surface area contributed by atoms with Gasteiger partial charge in [0.1, 0.15) is 6.04 Å². The molecule has 1 aliphatic carbocycles. The van der Waals surface area contributed by atoms with E-state index in [1.165, 1.54) is 24.0 Å². The Morgan fingerprint density at radius 3 is 2.48 bits per heavy atom. The molecule has 4 rings (SSSR count). The molecule has 158 valence electrons. The van der Waals surface area contributed by atoms with Crippen LogP contribution in [0.15, 0.2) is 24.3 Å². The van der Waals surface area contributed by atoms with Crippen molar-refractivity contribution in [3.63, 3.8) is 0 Å². The standard InChI is InChI=1S/C23H33N3O2S/c1-17-8-10-18(11-9-17)20(25-12-4-5-13-25)14-24-22(27)21-15-29-16-26(21)23(28)19-6-2-3-7-19/h8-11,19-21H,2-7,12-16H2,1H3,(H,24,27). The van der Waals surface area contributed by atoms with Gasteiger partial charge < -0.3 is 10.2 Å². The van der Waals surface area contributed by atoms with Crippen LogP contribution in [0.1, 0.15) is 55.7 Å². The second-order valence-electron chi connectivity index (χ2n) is 8.72. The molecule has 0 spiro atoms. The van der Waals surface area contributed by atoms with Crippen LogP contribution in [-0.4, -0.2) is 58.9 Å². The van der Waals surface area contributed by atoms with Crippen molar-refractivity contribution in [1.82, 2.24) is 15.1 Å². The first-order chi connectivity index (χ1) is 14.1. The number of rotatable bonds is 6. The summed E-state index contributed by atoms with van der Waals surface area (Å²) in [5.74, 6) is 1.71. The summed E-state index contributed by atoms with van der Waals surface area (Å²) < 4.78 is 0. The molecule has 5 nitrogen and oxygen atoms in total. The second kappa shape index (κ2) is 9.52. The van der Waals surface area contributed by atoms with Gasteiger partial charge in [-0.2, -0.15) is 0 Å². The van der Waals surface area contributed by atoms with Crippen molar-refractivity contribution < 1.29 is 9.59 Å². The Kier molecular flexibility index (Phi) is 6.81. The topological polar surface area (TPSA) is 52.7 Å². The van der Waals surface area contributed by atoms with Gasteiger partial charge in [-0.3, -0.25) is 14.5 Å². The molecule has 2 saturated heterocycles. The van der Waals surface area contributed by atoms with Gasteiger partial charge in [-0.1, -0.05) is 42.7 Å². The van der Waals surface area contributed by atoms with Gasteiger partial charge in [-0.05, 0) is 51.3 Å². The van der Waals surface area contributed by atoms with E-state index in [9.17, 15) is 9.59 Å². The highest BCUT2D eigenvalue weighted by atomic mass is 32.2. The third kappa shape index (κ3) is 4.80. The van der Waals surface area contributed by atoms with E-state index in [-0.39, 0.29) is 29.8 Å². The first-order valence-electron chi connectivity index (χ1n) is 11.1. The molecule has 2 amide bonds. The van der Waals surface area contributed by atoms with E-state index in [0.29, 0.717) is 18.2 Å². The third-order valence-electron chi connectivity index (χ3n) is 6.69. The molecule has 0 radical (unpaired) electrons. The van der Waals surface area contributed by atoms with Crippen LogP contribution in [0.4, 0.5) is 0 Å². The molecule has 1 saturated carbocycles. The molecule has 1 aromatic carbocycles. The Bertz CT molecular complexity index is 711. The van der Waals surface area contributed by atoms with Crippen molar-refractivity contribution in [3.05, 3.63) is 35.4 Å². The summed E-state index contributed by atoms with van der Waals surface area (Å²) in [6.45, 7) is 4.87. The number of carbonyl (C=O) groups is 2. The van der Waals surface area contributed by atoms with Gasteiger partial charge in [0.15, 0.2) is 0 Å². The number of nitrogens with one attached hydrogen (secondary N) is 1. The van der Waals surface area contributed by atoms with Crippen LogP contribution in [0.2, 0.25) is 0 Å². The molecular formula is C23H33N3O2S. The predicted molar refractivity (Wildman–Crippen MR) is 118 cm³/mol. The lowest BCUT2D eigenvalue weighted by molar-refractivity contribution is -0.141. The Morgan fingerprint density at radius 2 is 1.79 bits per heavy atom. The quantitative estimate of drug-likeness (QED) is 0.774. The van der Waals surface area contributed by atoms with Crippen molar-refractivity contribution >= 4 is 23.6 Å². The molecule has 3 aliphatic rings. The summed E-state index contributed by atoms with van der Waals surface area (Å²) >= 11 is 1.70. The number of amides is 2. The number of hydrogen-bond acceptors (Lipinski definition) is 4. The number of nitrogens with zero attached hydrogens (tertiary/aromatic N) is 2. The highest BCUT2D eigenvalue weighted by Crippen LogP contribution is 2.31. The zero-order valence-electron chi connectivity index (χ0n) is 17.4. The summed E-state index contributed by atoms with van der Waals surface area (Å²) in [4.78, 5) is 30.3. The van der Waals surface area contributed by atoms with Crippen LogP contribution in [0.5, 0.6) is 0 Å². The summed E-state index contributed by atoms with van der Waals surface area (Å²) in [6, 6.07) is 8.56. The SMILES string of the molecule is Cc1ccc(C(CNC(=O)C2CSCN2C(=O)C2CCCC2)N2CCCC2)cc1. The maximum absolute atomic E-state index is 13.0. The maximum Gasteiger partial charge on any atom is 0.243 e. The molecular weight excluding hydrogens is 382 g/mol. The Labute approximate surface area is 178 Å². The lowest BCUT2D eigenvalue weighted by atomic mass is 10.0. The molecule has 1 N–H and O–H groups in total. The van der Waals surface area contributed by atoms with Crippen LogP contribution in [0.3, 0.4) is 0 Å². The number of thioether (sulfide) groups is 1. The van der Waals surface area contributed by atoms with Crippen molar-refractivity contribution in [2.45, 2.75) is 57.5 Å². The lowest BCUT2D eigenvalue weighted by Crippen LogP contribution is -2.50. The first kappa shape index (κ1) is 20.7.